The Hall–Kier alpha value is -1.43. The first-order valence-corrected chi connectivity index (χ1v) is 7.05. The number of ether oxygens (including phenoxy) is 2. The molecule has 0 saturated heterocycles. The molecule has 5 nitrogen and oxygen atoms in total. The highest BCUT2D eigenvalue weighted by molar-refractivity contribution is 7.19. The zero-order chi connectivity index (χ0) is 14.2. The van der Waals surface area contributed by atoms with E-state index in [0.717, 1.165) is 5.00 Å². The molecule has 0 radical (unpaired) electrons. The maximum Gasteiger partial charge on any atom is 0.350 e. The molecule has 1 aliphatic rings. The Morgan fingerprint density at radius 3 is 2.53 bits per heavy atom. The van der Waals surface area contributed by atoms with Gasteiger partial charge >= 0.3 is 5.97 Å². The zero-order valence-corrected chi connectivity index (χ0v) is 12.5. The van der Waals surface area contributed by atoms with Gasteiger partial charge in [-0.15, -0.1) is 11.3 Å². The fourth-order valence-corrected chi connectivity index (χ4v) is 3.33. The lowest BCUT2D eigenvalue weighted by Crippen LogP contribution is -2.32. The first kappa shape index (κ1) is 14.0. The van der Waals surface area contributed by atoms with Crippen LogP contribution in [0.2, 0.25) is 0 Å². The third kappa shape index (κ3) is 2.63. The Morgan fingerprint density at radius 1 is 1.42 bits per heavy atom. The number of nitrogen functional groups attached to an aromatic ring is 1. The van der Waals surface area contributed by atoms with E-state index in [1.54, 1.807) is 7.11 Å². The summed E-state index contributed by atoms with van der Waals surface area (Å²) in [4.78, 5) is 12.0. The van der Waals surface area contributed by atoms with Crippen LogP contribution in [0.5, 0.6) is 5.75 Å². The van der Waals surface area contributed by atoms with E-state index in [1.807, 2.05) is 0 Å². The molecule has 6 heteroatoms. The number of carbonyl (C=O) groups is 1. The molecular formula is C13H20N2O3S. The number of anilines is 2. The lowest BCUT2D eigenvalue weighted by atomic mass is 9.99. The fourth-order valence-electron chi connectivity index (χ4n) is 2.16. The zero-order valence-electron chi connectivity index (χ0n) is 11.7. The van der Waals surface area contributed by atoms with Crippen molar-refractivity contribution in [2.24, 2.45) is 5.92 Å². The van der Waals surface area contributed by atoms with Gasteiger partial charge in [0.25, 0.3) is 0 Å². The van der Waals surface area contributed by atoms with Crippen LogP contribution in [-0.2, 0) is 4.74 Å². The molecule has 0 amide bonds. The second-order valence-electron chi connectivity index (χ2n) is 5.32. The maximum absolute atomic E-state index is 11.7. The predicted octanol–water partition coefficient (Wildman–Crippen LogP) is 2.73. The topological polar surface area (TPSA) is 73.6 Å². The Morgan fingerprint density at radius 2 is 2.05 bits per heavy atom. The maximum atomic E-state index is 11.7. The Balaban J connectivity index is 2.31. The van der Waals surface area contributed by atoms with Crippen molar-refractivity contribution >= 4 is 28.0 Å². The van der Waals surface area contributed by atoms with Crippen molar-refractivity contribution in [2.45, 2.75) is 32.2 Å². The van der Waals surface area contributed by atoms with Crippen LogP contribution in [0.25, 0.3) is 0 Å². The highest BCUT2D eigenvalue weighted by atomic mass is 32.1. The summed E-state index contributed by atoms with van der Waals surface area (Å²) in [5.74, 6) is 0.749. The second-order valence-corrected chi connectivity index (χ2v) is 6.34. The van der Waals surface area contributed by atoms with Crippen LogP contribution >= 0.6 is 11.3 Å². The van der Waals surface area contributed by atoms with Crippen molar-refractivity contribution in [1.82, 2.24) is 0 Å². The summed E-state index contributed by atoms with van der Waals surface area (Å²) in [7, 11) is 2.89. The number of methoxy groups -OCH3 is 2. The number of hydrogen-bond acceptors (Lipinski definition) is 6. The fraction of sp³-hybridized carbons (Fsp3) is 0.615. The molecule has 1 saturated carbocycles. The van der Waals surface area contributed by atoms with Crippen molar-refractivity contribution in [2.75, 3.05) is 25.3 Å². The molecule has 1 heterocycles. The van der Waals surface area contributed by atoms with E-state index in [-0.39, 0.29) is 5.54 Å². The summed E-state index contributed by atoms with van der Waals surface area (Å²) in [5.41, 5.74) is 6.26. The van der Waals surface area contributed by atoms with Crippen molar-refractivity contribution in [1.29, 1.82) is 0 Å². The van der Waals surface area contributed by atoms with E-state index in [0.29, 0.717) is 22.2 Å². The van der Waals surface area contributed by atoms with Gasteiger partial charge in [-0.05, 0) is 32.6 Å². The number of thiophene rings is 1. The second kappa shape index (κ2) is 4.92. The number of esters is 1. The van der Waals surface area contributed by atoms with E-state index in [9.17, 15) is 4.79 Å². The normalized spacial score (nSPS) is 15.2. The summed E-state index contributed by atoms with van der Waals surface area (Å²) in [6, 6.07) is 0. The highest BCUT2D eigenvalue weighted by Crippen LogP contribution is 2.47. The smallest absolute Gasteiger partial charge is 0.350 e. The summed E-state index contributed by atoms with van der Waals surface area (Å²) in [5, 5.41) is 4.23. The third-order valence-electron chi connectivity index (χ3n) is 3.51. The highest BCUT2D eigenvalue weighted by Gasteiger charge is 2.39. The van der Waals surface area contributed by atoms with Gasteiger partial charge in [0.2, 0.25) is 0 Å². The number of nitrogens with two attached hydrogens (primary N) is 1. The number of nitrogens with one attached hydrogen (secondary N) is 1. The Bertz CT molecular complexity index is 492. The van der Waals surface area contributed by atoms with Crippen LogP contribution in [0.4, 0.5) is 10.7 Å². The molecule has 2 rings (SSSR count). The average molecular weight is 284 g/mol. The van der Waals surface area contributed by atoms with E-state index in [1.165, 1.54) is 31.3 Å². The molecule has 1 fully saturated rings. The number of rotatable bonds is 5. The minimum atomic E-state index is -0.432. The van der Waals surface area contributed by atoms with E-state index >= 15 is 0 Å². The van der Waals surface area contributed by atoms with Gasteiger partial charge in [0.15, 0.2) is 5.75 Å². The first-order chi connectivity index (χ1) is 8.90. The molecule has 0 spiro atoms. The van der Waals surface area contributed by atoms with Crippen molar-refractivity contribution in [3.05, 3.63) is 4.88 Å². The molecule has 1 aromatic rings. The SMILES string of the molecule is COC(=O)c1sc(NC(C)(C)C2CC2)c(OC)c1N. The molecule has 0 aliphatic heterocycles. The Labute approximate surface area is 117 Å². The van der Waals surface area contributed by atoms with Crippen LogP contribution in [0.3, 0.4) is 0 Å². The third-order valence-corrected chi connectivity index (χ3v) is 4.59. The van der Waals surface area contributed by atoms with Gasteiger partial charge < -0.3 is 20.5 Å². The van der Waals surface area contributed by atoms with Crippen LogP contribution < -0.4 is 15.8 Å². The van der Waals surface area contributed by atoms with Gasteiger partial charge in [-0.25, -0.2) is 4.79 Å². The monoisotopic (exact) mass is 284 g/mol. The standard InChI is InChI=1S/C13H20N2O3S/c1-13(2,7-5-6-7)15-11-9(17-3)8(14)10(19-11)12(16)18-4/h7,15H,5-6,14H2,1-4H3. The summed E-state index contributed by atoms with van der Waals surface area (Å²) >= 11 is 1.28. The van der Waals surface area contributed by atoms with Crippen LogP contribution in [-0.4, -0.2) is 25.7 Å². The van der Waals surface area contributed by atoms with Crippen molar-refractivity contribution < 1.29 is 14.3 Å². The first-order valence-electron chi connectivity index (χ1n) is 6.23. The molecule has 0 aromatic carbocycles. The van der Waals surface area contributed by atoms with Crippen molar-refractivity contribution in [3.8, 4) is 5.75 Å². The molecule has 0 atom stereocenters. The van der Waals surface area contributed by atoms with Crippen LogP contribution in [0.15, 0.2) is 0 Å². The molecule has 19 heavy (non-hydrogen) atoms. The molecule has 0 unspecified atom stereocenters. The minimum Gasteiger partial charge on any atom is -0.492 e. The largest absolute Gasteiger partial charge is 0.492 e. The van der Waals surface area contributed by atoms with Crippen molar-refractivity contribution in [3.63, 3.8) is 0 Å². The van der Waals surface area contributed by atoms with E-state index < -0.39 is 5.97 Å². The van der Waals surface area contributed by atoms with Gasteiger partial charge in [0.05, 0.1) is 14.2 Å². The van der Waals surface area contributed by atoms with Gasteiger partial charge in [0, 0.05) is 5.54 Å². The van der Waals surface area contributed by atoms with Crippen LogP contribution in [0, 0.1) is 5.92 Å². The molecule has 0 bridgehead atoms. The molecular weight excluding hydrogens is 264 g/mol. The Kier molecular flexibility index (Phi) is 3.62. The lowest BCUT2D eigenvalue weighted by molar-refractivity contribution is 0.0607. The van der Waals surface area contributed by atoms with E-state index in [2.05, 4.69) is 19.2 Å². The molecule has 106 valence electrons. The molecule has 1 aromatic heterocycles. The van der Waals surface area contributed by atoms with Gasteiger partial charge in [-0.3, -0.25) is 0 Å². The van der Waals surface area contributed by atoms with Gasteiger partial charge in [-0.2, -0.15) is 0 Å². The van der Waals surface area contributed by atoms with Crippen LogP contribution in [0.1, 0.15) is 36.4 Å². The lowest BCUT2D eigenvalue weighted by Gasteiger charge is -2.27. The average Bonchev–Trinajstić information content (AvgIpc) is 3.15. The van der Waals surface area contributed by atoms with Gasteiger partial charge in [-0.1, -0.05) is 0 Å². The minimum absolute atomic E-state index is 0.0298. The summed E-state index contributed by atoms with van der Waals surface area (Å²) in [6.07, 6.45) is 2.46. The number of carbonyl (C=O) groups excluding carboxylic acids is 1. The molecule has 1 aliphatic carbocycles. The predicted molar refractivity (Wildman–Crippen MR) is 77.0 cm³/mol. The molecule has 3 N–H and O–H groups in total. The van der Waals surface area contributed by atoms with Gasteiger partial charge in [0.1, 0.15) is 15.6 Å². The summed E-state index contributed by atoms with van der Waals surface area (Å²) < 4.78 is 10.0. The quantitative estimate of drug-likeness (QED) is 0.813. The number of hydrogen-bond donors (Lipinski definition) is 2. The van der Waals surface area contributed by atoms with E-state index in [4.69, 9.17) is 15.2 Å². The summed E-state index contributed by atoms with van der Waals surface area (Å²) in [6.45, 7) is 4.30.